The number of hydrogen-bond acceptors (Lipinski definition) is 9. The summed E-state index contributed by atoms with van der Waals surface area (Å²) in [7, 11) is 0. The van der Waals surface area contributed by atoms with Gasteiger partial charge in [-0.1, -0.05) is 177 Å². The molecule has 0 amide bonds. The molecule has 6 unspecified atom stereocenters. The van der Waals surface area contributed by atoms with E-state index in [2.05, 4.69) is 86.8 Å². The van der Waals surface area contributed by atoms with E-state index in [0.717, 1.165) is 77.0 Å². The van der Waals surface area contributed by atoms with Crippen LogP contribution < -0.4 is 0 Å². The summed E-state index contributed by atoms with van der Waals surface area (Å²) in [6.45, 7) is 4.39. The van der Waals surface area contributed by atoms with Gasteiger partial charge < -0.3 is 39.4 Å². The first-order valence-electron chi connectivity index (χ1n) is 25.0. The van der Waals surface area contributed by atoms with E-state index in [1.165, 1.54) is 96.3 Å². The summed E-state index contributed by atoms with van der Waals surface area (Å²) in [5, 5.41) is 40.2. The third-order valence-electron chi connectivity index (χ3n) is 11.1. The summed E-state index contributed by atoms with van der Waals surface area (Å²) < 4.78 is 22.9. The number of hydrogen-bond donors (Lipinski definition) is 4. The normalized spacial score (nSPS) is 20.4. The zero-order chi connectivity index (χ0) is 45.0. The van der Waals surface area contributed by atoms with Gasteiger partial charge in [-0.25, -0.2) is 0 Å². The Hall–Kier alpha value is -2.37. The number of carbonyl (C=O) groups excluding carboxylic acids is 1. The zero-order valence-electron chi connectivity index (χ0n) is 39.3. The molecule has 0 radical (unpaired) electrons. The van der Waals surface area contributed by atoms with Gasteiger partial charge in [0.05, 0.1) is 19.8 Å². The molecule has 0 spiro atoms. The van der Waals surface area contributed by atoms with Crippen LogP contribution in [0.25, 0.3) is 0 Å². The second-order valence-electron chi connectivity index (χ2n) is 16.9. The molecule has 4 N–H and O–H groups in total. The molecule has 1 heterocycles. The summed E-state index contributed by atoms with van der Waals surface area (Å²) >= 11 is 0. The van der Waals surface area contributed by atoms with Crippen molar-refractivity contribution in [2.24, 2.45) is 0 Å². The number of unbranched alkanes of at least 4 members (excludes halogenated alkanes) is 19. The van der Waals surface area contributed by atoms with E-state index >= 15 is 0 Å². The van der Waals surface area contributed by atoms with Gasteiger partial charge in [0.15, 0.2) is 6.29 Å². The van der Waals surface area contributed by atoms with Crippen LogP contribution in [-0.4, -0.2) is 89.6 Å². The largest absolute Gasteiger partial charge is 0.457 e. The second-order valence-corrected chi connectivity index (χ2v) is 16.9. The third-order valence-corrected chi connectivity index (χ3v) is 11.1. The first-order valence-corrected chi connectivity index (χ1v) is 25.0. The van der Waals surface area contributed by atoms with Crippen LogP contribution >= 0.6 is 0 Å². The van der Waals surface area contributed by atoms with Crippen molar-refractivity contribution >= 4 is 5.97 Å². The Kier molecular flexibility index (Phi) is 40.8. The Bertz CT molecular complexity index is 1180. The fourth-order valence-corrected chi connectivity index (χ4v) is 7.22. The lowest BCUT2D eigenvalue weighted by atomic mass is 9.99. The minimum atomic E-state index is -1.54. The Morgan fingerprint density at radius 2 is 0.984 bits per heavy atom. The summed E-state index contributed by atoms with van der Waals surface area (Å²) in [5.74, 6) is -0.327. The lowest BCUT2D eigenvalue weighted by molar-refractivity contribution is -0.305. The number of carbonyl (C=O) groups is 1. The molecule has 0 saturated carbocycles. The Morgan fingerprint density at radius 1 is 0.532 bits per heavy atom. The van der Waals surface area contributed by atoms with Crippen molar-refractivity contribution in [3.05, 3.63) is 72.9 Å². The fourth-order valence-electron chi connectivity index (χ4n) is 7.22. The van der Waals surface area contributed by atoms with Gasteiger partial charge in [-0.3, -0.25) is 4.79 Å². The molecular formula is C53H92O9. The maximum absolute atomic E-state index is 12.8. The first-order chi connectivity index (χ1) is 30.4. The average molecular weight is 873 g/mol. The van der Waals surface area contributed by atoms with Gasteiger partial charge >= 0.3 is 5.97 Å². The molecule has 1 saturated heterocycles. The van der Waals surface area contributed by atoms with Crippen LogP contribution in [0.15, 0.2) is 72.9 Å². The molecule has 1 rings (SSSR count). The van der Waals surface area contributed by atoms with Crippen LogP contribution in [0.3, 0.4) is 0 Å². The van der Waals surface area contributed by atoms with Crippen LogP contribution in [0.2, 0.25) is 0 Å². The van der Waals surface area contributed by atoms with Crippen molar-refractivity contribution in [3.63, 3.8) is 0 Å². The van der Waals surface area contributed by atoms with E-state index in [4.69, 9.17) is 18.9 Å². The zero-order valence-corrected chi connectivity index (χ0v) is 39.3. The highest BCUT2D eigenvalue weighted by Gasteiger charge is 2.44. The molecule has 0 aromatic heterocycles. The van der Waals surface area contributed by atoms with Gasteiger partial charge in [-0.05, 0) is 83.5 Å². The topological polar surface area (TPSA) is 135 Å². The SMILES string of the molecule is CC/C=C\C/C=C\C/C=C\C/C=C\CCCCCCCOCC(COC1OC(CO)C(O)C(O)C1O)OC(=O)CCCCCCCCCCC/C=C\C/C=C\CCCCCCC. The van der Waals surface area contributed by atoms with E-state index in [9.17, 15) is 25.2 Å². The maximum Gasteiger partial charge on any atom is 0.306 e. The molecule has 6 atom stereocenters. The van der Waals surface area contributed by atoms with E-state index < -0.39 is 43.4 Å². The summed E-state index contributed by atoms with van der Waals surface area (Å²) in [6.07, 6.45) is 50.7. The quantitative estimate of drug-likeness (QED) is 0.0269. The predicted molar refractivity (Wildman–Crippen MR) is 256 cm³/mol. The number of aliphatic hydroxyl groups is 4. The molecule has 1 fully saturated rings. The molecule has 1 aliphatic rings. The number of allylic oxidation sites excluding steroid dienone is 12. The lowest BCUT2D eigenvalue weighted by Gasteiger charge is -2.39. The fraction of sp³-hybridized carbons (Fsp3) is 0.755. The maximum atomic E-state index is 12.8. The molecule has 358 valence electrons. The van der Waals surface area contributed by atoms with Crippen LogP contribution in [0.1, 0.15) is 194 Å². The lowest BCUT2D eigenvalue weighted by Crippen LogP contribution is -2.59. The number of esters is 1. The van der Waals surface area contributed by atoms with Gasteiger partial charge in [0.25, 0.3) is 0 Å². The average Bonchev–Trinajstić information content (AvgIpc) is 3.27. The van der Waals surface area contributed by atoms with Crippen molar-refractivity contribution in [3.8, 4) is 0 Å². The van der Waals surface area contributed by atoms with Crippen LogP contribution in [0.4, 0.5) is 0 Å². The molecule has 9 nitrogen and oxygen atoms in total. The van der Waals surface area contributed by atoms with Gasteiger partial charge in [-0.2, -0.15) is 0 Å². The first kappa shape index (κ1) is 57.6. The number of aliphatic hydroxyl groups excluding tert-OH is 4. The van der Waals surface area contributed by atoms with Crippen molar-refractivity contribution < 1.29 is 44.2 Å². The van der Waals surface area contributed by atoms with Crippen molar-refractivity contribution in [2.45, 2.75) is 230 Å². The van der Waals surface area contributed by atoms with E-state index in [1.54, 1.807) is 0 Å². The Morgan fingerprint density at radius 3 is 1.48 bits per heavy atom. The van der Waals surface area contributed by atoms with E-state index in [-0.39, 0.29) is 19.2 Å². The highest BCUT2D eigenvalue weighted by Crippen LogP contribution is 2.22. The number of ether oxygens (including phenoxy) is 4. The highest BCUT2D eigenvalue weighted by atomic mass is 16.7. The highest BCUT2D eigenvalue weighted by molar-refractivity contribution is 5.69. The molecule has 1 aliphatic heterocycles. The van der Waals surface area contributed by atoms with E-state index in [1.807, 2.05) is 0 Å². The van der Waals surface area contributed by atoms with Crippen molar-refractivity contribution in [1.82, 2.24) is 0 Å². The second kappa shape index (κ2) is 43.9. The summed E-state index contributed by atoms with van der Waals surface area (Å²) in [4.78, 5) is 12.8. The number of rotatable bonds is 42. The van der Waals surface area contributed by atoms with Gasteiger partial charge in [0, 0.05) is 13.0 Å². The predicted octanol–water partition coefficient (Wildman–Crippen LogP) is 12.0. The molecule has 9 heteroatoms. The molecule has 0 aromatic carbocycles. The summed E-state index contributed by atoms with van der Waals surface area (Å²) in [6, 6.07) is 0. The van der Waals surface area contributed by atoms with Gasteiger partial charge in [0.2, 0.25) is 0 Å². The molecular weight excluding hydrogens is 781 g/mol. The third kappa shape index (κ3) is 34.1. The van der Waals surface area contributed by atoms with Crippen LogP contribution in [0.5, 0.6) is 0 Å². The Labute approximate surface area is 378 Å². The van der Waals surface area contributed by atoms with Gasteiger partial charge in [0.1, 0.15) is 30.5 Å². The standard InChI is InChI=1S/C53H92O9/c1-3-5-7-9-11-13-15-17-19-21-23-24-25-26-28-30-32-34-36-38-40-42-49(55)61-47(46-60-53-52(58)51(57)50(56)48(44-54)62-53)45-59-43-41-39-37-35-33-31-29-27-22-20-18-16-14-12-10-8-6-4-2/h6,8,12,14-15,17-18,20-21,23,27,29,47-48,50-54,56-58H,3-5,7,9-11,13,16,19,22,24-26,28,30-46H2,1-2H3/b8-6-,14-12-,17-15-,20-18-,23-21-,29-27-. The molecule has 0 aromatic rings. The molecule has 0 aliphatic carbocycles. The monoisotopic (exact) mass is 873 g/mol. The molecule has 0 bridgehead atoms. The van der Waals surface area contributed by atoms with Crippen molar-refractivity contribution in [2.75, 3.05) is 26.4 Å². The van der Waals surface area contributed by atoms with E-state index in [0.29, 0.717) is 13.0 Å². The molecule has 62 heavy (non-hydrogen) atoms. The minimum Gasteiger partial charge on any atom is -0.457 e. The minimum absolute atomic E-state index is 0.126. The van der Waals surface area contributed by atoms with Crippen LogP contribution in [0, 0.1) is 0 Å². The smallest absolute Gasteiger partial charge is 0.306 e. The van der Waals surface area contributed by atoms with Gasteiger partial charge in [-0.15, -0.1) is 0 Å². The van der Waals surface area contributed by atoms with Crippen molar-refractivity contribution in [1.29, 1.82) is 0 Å². The Balaban J connectivity index is 2.24. The summed E-state index contributed by atoms with van der Waals surface area (Å²) in [5.41, 5.74) is 0. The van der Waals surface area contributed by atoms with Crippen LogP contribution in [-0.2, 0) is 23.7 Å².